The molecule has 0 saturated heterocycles. The monoisotopic (exact) mass is 378 g/mol. The van der Waals surface area contributed by atoms with Crippen molar-refractivity contribution in [3.8, 4) is 0 Å². The van der Waals surface area contributed by atoms with Crippen molar-refractivity contribution in [2.45, 2.75) is 0 Å². The molecule has 9 nitrogen and oxygen atoms in total. The van der Waals surface area contributed by atoms with Crippen molar-refractivity contribution in [2.75, 3.05) is 79.3 Å². The highest BCUT2D eigenvalue weighted by molar-refractivity contribution is 8.06. The summed E-state index contributed by atoms with van der Waals surface area (Å²) in [7, 11) is 0. The van der Waals surface area contributed by atoms with Crippen molar-refractivity contribution in [2.24, 2.45) is 0 Å². The van der Waals surface area contributed by atoms with Gasteiger partial charge in [0.25, 0.3) is 0 Å². The summed E-state index contributed by atoms with van der Waals surface area (Å²) in [4.78, 5) is 17.6. The molecule has 0 aliphatic rings. The van der Waals surface area contributed by atoms with E-state index in [-0.39, 0.29) is 19.8 Å². The summed E-state index contributed by atoms with van der Waals surface area (Å²) in [5.41, 5.74) is 0. The van der Waals surface area contributed by atoms with Gasteiger partial charge in [0.2, 0.25) is 0 Å². The molecule has 0 aromatic carbocycles. The molecule has 11 heteroatoms. The lowest BCUT2D eigenvalue weighted by molar-refractivity contribution is -0.0148. The molecule has 0 amide bonds. The molecule has 0 spiro atoms. The van der Waals surface area contributed by atoms with Crippen LogP contribution in [0.4, 0.5) is 0 Å². The average Bonchev–Trinajstić information content (AvgIpc) is 2.49. The van der Waals surface area contributed by atoms with Gasteiger partial charge in [0.05, 0.1) is 79.3 Å². The van der Waals surface area contributed by atoms with E-state index in [2.05, 4.69) is 16.3 Å². The van der Waals surface area contributed by atoms with Crippen molar-refractivity contribution in [3.63, 3.8) is 0 Å². The van der Waals surface area contributed by atoms with Crippen LogP contribution >= 0.6 is 6.72 Å². The second kappa shape index (κ2) is 17.1. The summed E-state index contributed by atoms with van der Waals surface area (Å²) in [6.45, 7) is 0.621. The van der Waals surface area contributed by atoms with Gasteiger partial charge in [0.1, 0.15) is 0 Å². The van der Waals surface area contributed by atoms with Gasteiger partial charge in [0, 0.05) is 0 Å². The Balaban J connectivity index is 3.01. The molecular weight excluding hydrogens is 351 g/mol. The number of rotatable bonds is 18. The summed E-state index contributed by atoms with van der Waals surface area (Å²) >= 11 is 4.28. The molecule has 0 aliphatic carbocycles. The third kappa shape index (κ3) is 22.3. The van der Waals surface area contributed by atoms with Gasteiger partial charge >= 0.3 is 6.72 Å². The van der Waals surface area contributed by atoms with Crippen LogP contribution in [0, 0.1) is 0 Å². The smallest absolute Gasteiger partial charge is 0.321 e. The molecule has 0 rings (SSSR count). The van der Waals surface area contributed by atoms with Crippen LogP contribution in [0.25, 0.3) is 0 Å². The van der Waals surface area contributed by atoms with E-state index in [1.807, 2.05) is 0 Å². The first-order valence-electron chi connectivity index (χ1n) is 7.26. The first-order chi connectivity index (χ1) is 11.1. The van der Waals surface area contributed by atoms with Crippen molar-refractivity contribution >= 4 is 18.5 Å². The quantitative estimate of drug-likeness (QED) is 0.209. The van der Waals surface area contributed by atoms with Gasteiger partial charge in [-0.1, -0.05) is 0 Å². The average molecular weight is 378 g/mol. The van der Waals surface area contributed by atoms with Crippen molar-refractivity contribution < 1.29 is 43.1 Å². The summed E-state index contributed by atoms with van der Waals surface area (Å²) < 4.78 is 30.5. The van der Waals surface area contributed by atoms with E-state index in [0.717, 1.165) is 0 Å². The Kier molecular flexibility index (Phi) is 17.3. The third-order valence-electron chi connectivity index (χ3n) is 2.21. The molecule has 140 valence electrons. The lowest BCUT2D eigenvalue weighted by atomic mass is 10.7. The number of aliphatic hydroxyl groups is 1. The van der Waals surface area contributed by atoms with Crippen LogP contribution < -0.4 is 0 Å². The second-order valence-corrected chi connectivity index (χ2v) is 6.78. The predicted octanol–water partition coefficient (Wildman–Crippen LogP) is -0.713. The molecule has 3 N–H and O–H groups in total. The Hall–Kier alpha value is 0.290. The number of ether oxygens (including phenoxy) is 5. The Morgan fingerprint density at radius 1 is 0.565 bits per heavy atom. The van der Waals surface area contributed by atoms with Crippen molar-refractivity contribution in [1.29, 1.82) is 0 Å². The van der Waals surface area contributed by atoms with Crippen LogP contribution in [0.2, 0.25) is 0 Å². The lowest BCUT2D eigenvalue weighted by Gasteiger charge is -2.09. The normalized spacial score (nSPS) is 12.0. The molecule has 0 atom stereocenters. The van der Waals surface area contributed by atoms with E-state index in [1.165, 1.54) is 0 Å². The van der Waals surface area contributed by atoms with Gasteiger partial charge in [-0.15, -0.1) is 0 Å². The Bertz CT molecular complexity index is 290. The van der Waals surface area contributed by atoms with Crippen LogP contribution in [-0.4, -0.2) is 94.2 Å². The summed E-state index contributed by atoms with van der Waals surface area (Å²) in [6.07, 6.45) is 0. The molecule has 23 heavy (non-hydrogen) atoms. The highest BCUT2D eigenvalue weighted by atomic mass is 32.5. The van der Waals surface area contributed by atoms with Gasteiger partial charge < -0.3 is 43.1 Å². The summed E-state index contributed by atoms with van der Waals surface area (Å²) in [5.74, 6) is 0. The molecular formula is C12H27O9PS. The molecule has 0 bridgehead atoms. The van der Waals surface area contributed by atoms with Gasteiger partial charge in [-0.2, -0.15) is 0 Å². The highest BCUT2D eigenvalue weighted by Crippen LogP contribution is 2.35. The van der Waals surface area contributed by atoms with Crippen LogP contribution in [0.15, 0.2) is 0 Å². The zero-order valence-electron chi connectivity index (χ0n) is 13.1. The highest BCUT2D eigenvalue weighted by Gasteiger charge is 2.06. The zero-order chi connectivity index (χ0) is 17.2. The Labute approximate surface area is 141 Å². The van der Waals surface area contributed by atoms with Crippen LogP contribution in [0.5, 0.6) is 0 Å². The van der Waals surface area contributed by atoms with Gasteiger partial charge in [-0.3, -0.25) is 0 Å². The maximum absolute atomic E-state index is 8.78. The maximum Gasteiger partial charge on any atom is 0.321 e. The van der Waals surface area contributed by atoms with Gasteiger partial charge in [-0.25, -0.2) is 0 Å². The zero-order valence-corrected chi connectivity index (χ0v) is 14.8. The van der Waals surface area contributed by atoms with Crippen molar-refractivity contribution in [3.05, 3.63) is 0 Å². The van der Waals surface area contributed by atoms with Gasteiger partial charge in [-0.05, 0) is 11.8 Å². The molecule has 0 aromatic heterocycles. The van der Waals surface area contributed by atoms with E-state index < -0.39 is 6.72 Å². The third-order valence-corrected chi connectivity index (χ3v) is 3.05. The fraction of sp³-hybridized carbons (Fsp3) is 1.00. The first kappa shape index (κ1) is 23.3. The lowest BCUT2D eigenvalue weighted by Crippen LogP contribution is -2.14. The topological polar surface area (TPSA) is 116 Å². The van der Waals surface area contributed by atoms with E-state index in [9.17, 15) is 0 Å². The fourth-order valence-electron chi connectivity index (χ4n) is 1.26. The number of hydrogen-bond donors (Lipinski definition) is 3. The van der Waals surface area contributed by atoms with Crippen LogP contribution in [-0.2, 0) is 40.0 Å². The molecule has 0 saturated carbocycles. The number of aliphatic hydroxyl groups excluding tert-OH is 1. The Morgan fingerprint density at radius 3 is 1.17 bits per heavy atom. The molecule has 0 fully saturated rings. The first-order valence-corrected chi connectivity index (χ1v) is 9.88. The van der Waals surface area contributed by atoms with Crippen LogP contribution in [0.3, 0.4) is 0 Å². The molecule has 0 heterocycles. The maximum atomic E-state index is 8.78. The van der Waals surface area contributed by atoms with E-state index in [4.69, 9.17) is 38.6 Å². The molecule has 0 radical (unpaired) electrons. The van der Waals surface area contributed by atoms with Crippen molar-refractivity contribution in [1.82, 2.24) is 0 Å². The second-order valence-electron chi connectivity index (χ2n) is 4.11. The fourth-order valence-corrected chi connectivity index (χ4v) is 1.80. The Morgan fingerprint density at radius 2 is 0.870 bits per heavy atom. The van der Waals surface area contributed by atoms with Crippen LogP contribution in [0.1, 0.15) is 0 Å². The molecule has 0 aromatic rings. The molecule has 0 unspecified atom stereocenters. The molecule has 0 aliphatic heterocycles. The van der Waals surface area contributed by atoms with E-state index in [0.29, 0.717) is 59.5 Å². The predicted molar refractivity (Wildman–Crippen MR) is 85.9 cm³/mol. The number of hydrogen-bond acceptors (Lipinski definition) is 8. The summed E-state index contributed by atoms with van der Waals surface area (Å²) in [5, 5.41) is 8.48. The largest absolute Gasteiger partial charge is 0.394 e. The minimum atomic E-state index is -3.58. The SMILES string of the molecule is OCCOCCOCCOCCOCCOCCOP(O)(O)=S. The standard InChI is InChI=1S/C12H27O9PS/c13-1-2-16-3-4-17-5-6-18-7-8-19-9-10-20-11-12-21-22(14,15)23/h13H,1-12H2,(H2,14,15,23). The summed E-state index contributed by atoms with van der Waals surface area (Å²) in [6, 6.07) is 0. The minimum Gasteiger partial charge on any atom is -0.394 e. The minimum absolute atomic E-state index is 0.0176. The van der Waals surface area contributed by atoms with E-state index >= 15 is 0 Å². The van der Waals surface area contributed by atoms with Gasteiger partial charge in [0.15, 0.2) is 0 Å². The van der Waals surface area contributed by atoms with E-state index in [1.54, 1.807) is 0 Å².